The van der Waals surface area contributed by atoms with E-state index in [0.29, 0.717) is 5.92 Å². The summed E-state index contributed by atoms with van der Waals surface area (Å²) < 4.78 is 0. The zero-order valence-corrected chi connectivity index (χ0v) is 8.81. The van der Waals surface area contributed by atoms with Crippen LogP contribution in [0.2, 0.25) is 0 Å². The molecule has 70 valence electrons. The van der Waals surface area contributed by atoms with Gasteiger partial charge in [-0.1, -0.05) is 13.8 Å². The summed E-state index contributed by atoms with van der Waals surface area (Å²) in [6.45, 7) is 8.32. The monoisotopic (exact) mass is 168 g/mol. The highest BCUT2D eigenvalue weighted by Crippen LogP contribution is 2.14. The Labute approximate surface area is 75.6 Å². The molecule has 0 aliphatic rings. The third kappa shape index (κ3) is 3.56. The first-order valence-corrected chi connectivity index (χ1v) is 4.38. The van der Waals surface area contributed by atoms with Crippen LogP contribution in [0.1, 0.15) is 34.1 Å². The number of aliphatic imine (C=N–C) groups is 1. The molecule has 0 radical (unpaired) electrons. The molecular formula is C10H20N2. The van der Waals surface area contributed by atoms with Gasteiger partial charge in [-0.3, -0.25) is 4.99 Å². The minimum absolute atomic E-state index is 0.634. The van der Waals surface area contributed by atoms with Crippen LogP contribution < -0.4 is 5.73 Å². The van der Waals surface area contributed by atoms with Gasteiger partial charge in [-0.05, 0) is 31.8 Å². The van der Waals surface area contributed by atoms with Crippen molar-refractivity contribution in [2.45, 2.75) is 34.1 Å². The molecule has 0 aliphatic heterocycles. The number of rotatable bonds is 3. The summed E-state index contributed by atoms with van der Waals surface area (Å²) in [5.41, 5.74) is 8.92. The Morgan fingerprint density at radius 2 is 1.83 bits per heavy atom. The van der Waals surface area contributed by atoms with Crippen LogP contribution in [0.4, 0.5) is 0 Å². The highest BCUT2D eigenvalue weighted by Gasteiger charge is 2.06. The van der Waals surface area contributed by atoms with E-state index in [4.69, 9.17) is 5.73 Å². The second-order valence-corrected chi connectivity index (χ2v) is 3.57. The molecular weight excluding hydrogens is 148 g/mol. The van der Waals surface area contributed by atoms with E-state index in [0.717, 1.165) is 17.8 Å². The first-order chi connectivity index (χ1) is 5.49. The standard InChI is InChI=1S/C10H20N2/c1-7(2)6-10(8(3)11)9(4)12-5/h7H,6,11H2,1-5H3/b10-8-,12-9?. The molecule has 0 aromatic carbocycles. The highest BCUT2D eigenvalue weighted by atomic mass is 14.7. The van der Waals surface area contributed by atoms with Crippen LogP contribution in [-0.4, -0.2) is 12.8 Å². The van der Waals surface area contributed by atoms with Gasteiger partial charge in [0.1, 0.15) is 0 Å². The van der Waals surface area contributed by atoms with Crippen molar-refractivity contribution >= 4 is 5.71 Å². The van der Waals surface area contributed by atoms with E-state index in [9.17, 15) is 0 Å². The quantitative estimate of drug-likeness (QED) is 0.645. The third-order valence-electron chi connectivity index (χ3n) is 1.86. The average Bonchev–Trinajstić information content (AvgIpc) is 1.98. The van der Waals surface area contributed by atoms with Crippen molar-refractivity contribution in [3.63, 3.8) is 0 Å². The Bertz CT molecular complexity index is 196. The average molecular weight is 168 g/mol. The molecule has 0 amide bonds. The Hall–Kier alpha value is -0.790. The summed E-state index contributed by atoms with van der Waals surface area (Å²) in [6, 6.07) is 0. The van der Waals surface area contributed by atoms with Gasteiger partial charge in [-0.2, -0.15) is 0 Å². The fourth-order valence-electron chi connectivity index (χ4n) is 1.14. The van der Waals surface area contributed by atoms with Gasteiger partial charge in [0, 0.05) is 18.5 Å². The molecule has 0 aliphatic carbocycles. The normalized spacial score (nSPS) is 15.0. The molecule has 0 aromatic heterocycles. The molecule has 0 fully saturated rings. The van der Waals surface area contributed by atoms with Crippen LogP contribution >= 0.6 is 0 Å². The second kappa shape index (κ2) is 4.96. The number of nitrogens with two attached hydrogens (primary N) is 1. The van der Waals surface area contributed by atoms with Crippen molar-refractivity contribution in [1.29, 1.82) is 0 Å². The van der Waals surface area contributed by atoms with Crippen molar-refractivity contribution in [3.05, 3.63) is 11.3 Å². The maximum absolute atomic E-state index is 5.76. The van der Waals surface area contributed by atoms with Gasteiger partial charge in [0.05, 0.1) is 0 Å². The molecule has 0 saturated heterocycles. The van der Waals surface area contributed by atoms with Gasteiger partial charge < -0.3 is 5.73 Å². The fourth-order valence-corrected chi connectivity index (χ4v) is 1.14. The van der Waals surface area contributed by atoms with Crippen LogP contribution in [0, 0.1) is 5.92 Å². The largest absolute Gasteiger partial charge is 0.402 e. The molecule has 0 atom stereocenters. The molecule has 0 heterocycles. The van der Waals surface area contributed by atoms with E-state index in [1.165, 1.54) is 5.57 Å². The lowest BCUT2D eigenvalue weighted by Gasteiger charge is -2.11. The van der Waals surface area contributed by atoms with Gasteiger partial charge in [0.15, 0.2) is 0 Å². The molecule has 0 bridgehead atoms. The molecule has 0 unspecified atom stereocenters. The van der Waals surface area contributed by atoms with E-state index in [-0.39, 0.29) is 0 Å². The number of allylic oxidation sites excluding steroid dienone is 2. The van der Waals surface area contributed by atoms with E-state index < -0.39 is 0 Å². The predicted molar refractivity (Wildman–Crippen MR) is 55.4 cm³/mol. The first kappa shape index (κ1) is 11.2. The van der Waals surface area contributed by atoms with Crippen LogP contribution in [0.3, 0.4) is 0 Å². The third-order valence-corrected chi connectivity index (χ3v) is 1.86. The SMILES string of the molecule is CN=C(C)/C(CC(C)C)=C(/C)N. The van der Waals surface area contributed by atoms with E-state index in [1.54, 1.807) is 7.05 Å². The number of hydrogen-bond donors (Lipinski definition) is 1. The van der Waals surface area contributed by atoms with E-state index >= 15 is 0 Å². The lowest BCUT2D eigenvalue weighted by molar-refractivity contribution is 0.649. The molecule has 0 saturated carbocycles. The van der Waals surface area contributed by atoms with E-state index in [1.807, 2.05) is 13.8 Å². The molecule has 0 aromatic rings. The lowest BCUT2D eigenvalue weighted by atomic mass is 9.98. The zero-order valence-electron chi connectivity index (χ0n) is 8.81. The van der Waals surface area contributed by atoms with Crippen LogP contribution in [0.15, 0.2) is 16.3 Å². The van der Waals surface area contributed by atoms with Crippen molar-refractivity contribution in [2.24, 2.45) is 16.6 Å². The topological polar surface area (TPSA) is 38.4 Å². The predicted octanol–water partition coefficient (Wildman–Crippen LogP) is 2.36. The molecule has 2 heteroatoms. The summed E-state index contributed by atoms with van der Waals surface area (Å²) in [5, 5.41) is 0. The lowest BCUT2D eigenvalue weighted by Crippen LogP contribution is -2.08. The Kier molecular flexibility index (Phi) is 4.64. The van der Waals surface area contributed by atoms with Crippen molar-refractivity contribution in [2.75, 3.05) is 7.05 Å². The maximum Gasteiger partial charge on any atom is 0.0362 e. The minimum atomic E-state index is 0.634. The summed E-state index contributed by atoms with van der Waals surface area (Å²) in [6.07, 6.45) is 1.02. The summed E-state index contributed by atoms with van der Waals surface area (Å²) >= 11 is 0. The summed E-state index contributed by atoms with van der Waals surface area (Å²) in [7, 11) is 1.80. The number of hydrogen-bond acceptors (Lipinski definition) is 2. The van der Waals surface area contributed by atoms with Gasteiger partial charge >= 0.3 is 0 Å². The van der Waals surface area contributed by atoms with Gasteiger partial charge in [-0.15, -0.1) is 0 Å². The van der Waals surface area contributed by atoms with Gasteiger partial charge in [0.2, 0.25) is 0 Å². The highest BCUT2D eigenvalue weighted by molar-refractivity contribution is 5.98. The zero-order chi connectivity index (χ0) is 9.72. The summed E-state index contributed by atoms with van der Waals surface area (Å²) in [5.74, 6) is 0.634. The molecule has 2 nitrogen and oxygen atoms in total. The van der Waals surface area contributed by atoms with Crippen molar-refractivity contribution in [1.82, 2.24) is 0 Å². The smallest absolute Gasteiger partial charge is 0.0362 e. The molecule has 12 heavy (non-hydrogen) atoms. The molecule has 0 spiro atoms. The number of nitrogens with zero attached hydrogens (tertiary/aromatic N) is 1. The molecule has 0 rings (SSSR count). The Morgan fingerprint density at radius 3 is 2.08 bits per heavy atom. The first-order valence-electron chi connectivity index (χ1n) is 4.38. The fraction of sp³-hybridized carbons (Fsp3) is 0.700. The van der Waals surface area contributed by atoms with E-state index in [2.05, 4.69) is 18.8 Å². The molecule has 2 N–H and O–H groups in total. The van der Waals surface area contributed by atoms with Crippen LogP contribution in [0.25, 0.3) is 0 Å². The summed E-state index contributed by atoms with van der Waals surface area (Å²) in [4.78, 5) is 4.14. The van der Waals surface area contributed by atoms with Crippen LogP contribution in [0.5, 0.6) is 0 Å². The van der Waals surface area contributed by atoms with Crippen molar-refractivity contribution < 1.29 is 0 Å². The van der Waals surface area contributed by atoms with Gasteiger partial charge in [0.25, 0.3) is 0 Å². The second-order valence-electron chi connectivity index (χ2n) is 3.57. The maximum atomic E-state index is 5.76. The Balaban J connectivity index is 4.60. The Morgan fingerprint density at radius 1 is 1.33 bits per heavy atom. The van der Waals surface area contributed by atoms with Crippen molar-refractivity contribution in [3.8, 4) is 0 Å². The minimum Gasteiger partial charge on any atom is -0.402 e. The van der Waals surface area contributed by atoms with Crippen LogP contribution in [-0.2, 0) is 0 Å². The van der Waals surface area contributed by atoms with Gasteiger partial charge in [-0.25, -0.2) is 0 Å².